The molecule has 1 heterocycles. The van der Waals surface area contributed by atoms with E-state index in [0.717, 1.165) is 0 Å². The van der Waals surface area contributed by atoms with E-state index in [0.29, 0.717) is 0 Å². The molecule has 5 atom stereocenters. The zero-order valence-electron chi connectivity index (χ0n) is 8.10. The number of rotatable bonds is 1. The molecule has 0 unspecified atom stereocenters. The molecule has 0 bridgehead atoms. The zero-order chi connectivity index (χ0) is 10.2. The molecule has 76 valence electrons. The number of hydrogen-bond acceptors (Lipinski definition) is 3. The monoisotopic (exact) mass is 188 g/mol. The van der Waals surface area contributed by atoms with Gasteiger partial charge in [-0.3, -0.25) is 0 Å². The number of carboxylic acids is 1. The van der Waals surface area contributed by atoms with E-state index < -0.39 is 18.4 Å². The smallest absolute Gasteiger partial charge is 0.333 e. The number of carboxylic acid groups (broad SMARTS) is 1. The van der Waals surface area contributed by atoms with Crippen LogP contribution in [0, 0.1) is 17.8 Å². The minimum atomic E-state index is -0.995. The van der Waals surface area contributed by atoms with Gasteiger partial charge < -0.3 is 14.9 Å². The van der Waals surface area contributed by atoms with Crippen molar-refractivity contribution in [2.45, 2.75) is 33.2 Å². The molecular formula is C9H16O4. The summed E-state index contributed by atoms with van der Waals surface area (Å²) in [6, 6.07) is 0. The molecule has 0 aromatic rings. The van der Waals surface area contributed by atoms with Gasteiger partial charge in [-0.1, -0.05) is 20.8 Å². The zero-order valence-corrected chi connectivity index (χ0v) is 8.10. The highest BCUT2D eigenvalue weighted by molar-refractivity contribution is 5.72. The van der Waals surface area contributed by atoms with Gasteiger partial charge in [0.25, 0.3) is 0 Å². The Hall–Kier alpha value is -0.610. The summed E-state index contributed by atoms with van der Waals surface area (Å²) in [5.41, 5.74) is 0. The summed E-state index contributed by atoms with van der Waals surface area (Å²) in [7, 11) is 0. The molecule has 0 radical (unpaired) electrons. The average Bonchev–Trinajstić information content (AvgIpc) is 2.07. The Labute approximate surface area is 77.5 Å². The molecule has 1 rings (SSSR count). The van der Waals surface area contributed by atoms with Gasteiger partial charge in [-0.15, -0.1) is 0 Å². The fourth-order valence-corrected chi connectivity index (χ4v) is 1.70. The molecule has 1 aliphatic heterocycles. The van der Waals surface area contributed by atoms with E-state index >= 15 is 0 Å². The summed E-state index contributed by atoms with van der Waals surface area (Å²) in [6.45, 7) is 5.65. The van der Waals surface area contributed by atoms with Gasteiger partial charge >= 0.3 is 5.97 Å². The van der Waals surface area contributed by atoms with Crippen molar-refractivity contribution in [1.29, 1.82) is 0 Å². The van der Waals surface area contributed by atoms with Gasteiger partial charge in [-0.05, 0) is 11.8 Å². The van der Waals surface area contributed by atoms with Crippen LogP contribution < -0.4 is 0 Å². The number of ether oxygens (including phenoxy) is 1. The molecule has 0 aliphatic carbocycles. The molecular weight excluding hydrogens is 172 g/mol. The predicted octanol–water partition coefficient (Wildman–Crippen LogP) is 0.696. The fourth-order valence-electron chi connectivity index (χ4n) is 1.70. The van der Waals surface area contributed by atoms with E-state index in [4.69, 9.17) is 9.84 Å². The highest BCUT2D eigenvalue weighted by Gasteiger charge is 2.41. The summed E-state index contributed by atoms with van der Waals surface area (Å²) in [6.07, 6.45) is -1.83. The molecule has 0 saturated carbocycles. The highest BCUT2D eigenvalue weighted by atomic mass is 16.6. The standard InChI is InChI=1S/C9H16O4/c1-4-5(2)7(8(10)11)13-9(12)6(4)3/h4-7,9,12H,1-3H3,(H,10,11)/t4-,5-,6+,7-,9+/m0/s1. The summed E-state index contributed by atoms with van der Waals surface area (Å²) < 4.78 is 5.00. The van der Waals surface area contributed by atoms with Gasteiger partial charge in [0, 0.05) is 5.92 Å². The van der Waals surface area contributed by atoms with Gasteiger partial charge in [0.1, 0.15) is 0 Å². The quantitative estimate of drug-likeness (QED) is 0.635. The molecule has 13 heavy (non-hydrogen) atoms. The maximum absolute atomic E-state index is 10.7. The third-order valence-electron chi connectivity index (χ3n) is 3.12. The van der Waals surface area contributed by atoms with Crippen molar-refractivity contribution in [3.63, 3.8) is 0 Å². The second kappa shape index (κ2) is 3.64. The number of carbonyl (C=O) groups is 1. The molecule has 1 aliphatic rings. The number of aliphatic carboxylic acids is 1. The minimum Gasteiger partial charge on any atom is -0.479 e. The first-order valence-corrected chi connectivity index (χ1v) is 4.51. The minimum absolute atomic E-state index is 0.00870. The van der Waals surface area contributed by atoms with E-state index in [1.807, 2.05) is 20.8 Å². The second-order valence-corrected chi connectivity index (χ2v) is 3.86. The highest BCUT2D eigenvalue weighted by Crippen LogP contribution is 2.33. The van der Waals surface area contributed by atoms with Crippen molar-refractivity contribution in [2.75, 3.05) is 0 Å². The Morgan fingerprint density at radius 3 is 2.15 bits per heavy atom. The summed E-state index contributed by atoms with van der Waals surface area (Å²) in [5.74, 6) is -0.906. The Kier molecular flexibility index (Phi) is 2.93. The second-order valence-electron chi connectivity index (χ2n) is 3.86. The Bertz CT molecular complexity index is 204. The lowest BCUT2D eigenvalue weighted by atomic mass is 9.79. The van der Waals surface area contributed by atoms with Crippen molar-refractivity contribution in [3.05, 3.63) is 0 Å². The van der Waals surface area contributed by atoms with Crippen LogP contribution in [-0.4, -0.2) is 28.6 Å². The Morgan fingerprint density at radius 2 is 1.69 bits per heavy atom. The van der Waals surface area contributed by atoms with Crippen molar-refractivity contribution in [3.8, 4) is 0 Å². The van der Waals surface area contributed by atoms with Crippen LogP contribution in [-0.2, 0) is 9.53 Å². The normalized spacial score (nSPS) is 46.0. The lowest BCUT2D eigenvalue weighted by molar-refractivity contribution is -0.230. The molecule has 4 heteroatoms. The number of hydrogen-bond donors (Lipinski definition) is 2. The summed E-state index contributed by atoms with van der Waals surface area (Å²) in [5, 5.41) is 18.2. The Morgan fingerprint density at radius 1 is 1.15 bits per heavy atom. The Balaban J connectivity index is 2.76. The van der Waals surface area contributed by atoms with Crippen LogP contribution in [0.2, 0.25) is 0 Å². The lowest BCUT2D eigenvalue weighted by Crippen LogP contribution is -2.48. The maximum Gasteiger partial charge on any atom is 0.333 e. The SMILES string of the molecule is C[C@@H]1[C@@H](C)[C@H](O)O[C@H](C(=O)O)[C@H]1C. The lowest BCUT2D eigenvalue weighted by Gasteiger charge is -2.39. The van der Waals surface area contributed by atoms with Crippen molar-refractivity contribution in [1.82, 2.24) is 0 Å². The number of aliphatic hydroxyl groups excluding tert-OH is 1. The largest absolute Gasteiger partial charge is 0.479 e. The molecule has 0 aromatic carbocycles. The van der Waals surface area contributed by atoms with Gasteiger partial charge in [-0.2, -0.15) is 0 Å². The van der Waals surface area contributed by atoms with Crippen molar-refractivity contribution in [2.24, 2.45) is 17.8 Å². The van der Waals surface area contributed by atoms with Crippen LogP contribution in [0.3, 0.4) is 0 Å². The van der Waals surface area contributed by atoms with E-state index in [2.05, 4.69) is 0 Å². The van der Waals surface area contributed by atoms with Gasteiger partial charge in [0.2, 0.25) is 0 Å². The first kappa shape index (κ1) is 10.5. The maximum atomic E-state index is 10.7. The van der Waals surface area contributed by atoms with Crippen LogP contribution in [0.1, 0.15) is 20.8 Å². The molecule has 0 aromatic heterocycles. The molecule has 0 amide bonds. The van der Waals surface area contributed by atoms with E-state index in [1.54, 1.807) is 0 Å². The summed E-state index contributed by atoms with van der Waals surface area (Å²) in [4.78, 5) is 10.7. The average molecular weight is 188 g/mol. The fraction of sp³-hybridized carbons (Fsp3) is 0.889. The first-order valence-electron chi connectivity index (χ1n) is 4.51. The molecule has 2 N–H and O–H groups in total. The molecule has 1 saturated heterocycles. The molecule has 1 fully saturated rings. The number of aliphatic hydroxyl groups is 1. The van der Waals surface area contributed by atoms with Crippen molar-refractivity contribution >= 4 is 5.97 Å². The van der Waals surface area contributed by atoms with Crippen molar-refractivity contribution < 1.29 is 19.7 Å². The van der Waals surface area contributed by atoms with E-state index in [1.165, 1.54) is 0 Å². The first-order chi connectivity index (χ1) is 5.95. The van der Waals surface area contributed by atoms with Crippen LogP contribution in [0.5, 0.6) is 0 Å². The van der Waals surface area contributed by atoms with Crippen LogP contribution in [0.4, 0.5) is 0 Å². The van der Waals surface area contributed by atoms with Gasteiger partial charge in [0.05, 0.1) is 0 Å². The summed E-state index contributed by atoms with van der Waals surface area (Å²) >= 11 is 0. The topological polar surface area (TPSA) is 66.8 Å². The third kappa shape index (κ3) is 1.84. The van der Waals surface area contributed by atoms with Crippen LogP contribution in [0.25, 0.3) is 0 Å². The van der Waals surface area contributed by atoms with E-state index in [9.17, 15) is 9.90 Å². The molecule has 0 spiro atoms. The predicted molar refractivity (Wildman–Crippen MR) is 46.0 cm³/mol. The molecule has 4 nitrogen and oxygen atoms in total. The van der Waals surface area contributed by atoms with Gasteiger partial charge in [-0.25, -0.2) is 4.79 Å². The van der Waals surface area contributed by atoms with E-state index in [-0.39, 0.29) is 17.8 Å². The third-order valence-corrected chi connectivity index (χ3v) is 3.12. The van der Waals surface area contributed by atoms with Crippen LogP contribution in [0.15, 0.2) is 0 Å². The van der Waals surface area contributed by atoms with Crippen LogP contribution >= 0.6 is 0 Å². The van der Waals surface area contributed by atoms with Gasteiger partial charge in [0.15, 0.2) is 12.4 Å².